The van der Waals surface area contributed by atoms with Gasteiger partial charge in [-0.1, -0.05) is 62.7 Å². The standard InChI is InChI=1S/C28H34F5NO2/c1-18-6-8-20(9-7-18)25-22(16-24(35)36)27(29,30)17-23(34(25)15-5-14-26(2,3)4)19-10-12-21(13-11-19)28(31,32)33/h6-13,22-23,25H,5,14-17H2,1-4H3,(H,35,36)/t22-,23+,25-/m1/s1. The van der Waals surface area contributed by atoms with Gasteiger partial charge in [-0.15, -0.1) is 0 Å². The summed E-state index contributed by atoms with van der Waals surface area (Å²) in [6.45, 7) is 8.52. The van der Waals surface area contributed by atoms with E-state index >= 15 is 8.78 Å². The molecule has 1 aliphatic rings. The largest absolute Gasteiger partial charge is 0.481 e. The van der Waals surface area contributed by atoms with Gasteiger partial charge in [0.05, 0.1) is 17.9 Å². The van der Waals surface area contributed by atoms with Crippen molar-refractivity contribution in [3.8, 4) is 0 Å². The number of aryl methyl sites for hydroxylation is 1. The van der Waals surface area contributed by atoms with E-state index in [4.69, 9.17) is 0 Å². The number of carboxylic acid groups (broad SMARTS) is 1. The minimum atomic E-state index is -4.53. The number of halogens is 5. The average Bonchev–Trinajstić information content (AvgIpc) is 2.75. The van der Waals surface area contributed by atoms with Crippen molar-refractivity contribution in [2.45, 2.75) is 77.6 Å². The minimum Gasteiger partial charge on any atom is -0.481 e. The van der Waals surface area contributed by atoms with Gasteiger partial charge in [-0.25, -0.2) is 8.78 Å². The fraction of sp³-hybridized carbons (Fsp3) is 0.536. The van der Waals surface area contributed by atoms with Crippen LogP contribution in [0, 0.1) is 18.3 Å². The van der Waals surface area contributed by atoms with E-state index < -0.39 is 54.5 Å². The third-order valence-corrected chi connectivity index (χ3v) is 6.93. The molecule has 0 aliphatic carbocycles. The van der Waals surface area contributed by atoms with Gasteiger partial charge in [0.2, 0.25) is 0 Å². The van der Waals surface area contributed by atoms with Gasteiger partial charge in [0, 0.05) is 18.5 Å². The number of piperidine rings is 1. The van der Waals surface area contributed by atoms with Crippen LogP contribution in [0.5, 0.6) is 0 Å². The fourth-order valence-electron chi connectivity index (χ4n) is 5.11. The van der Waals surface area contributed by atoms with Gasteiger partial charge >= 0.3 is 12.1 Å². The van der Waals surface area contributed by atoms with Crippen LogP contribution in [-0.2, 0) is 11.0 Å². The van der Waals surface area contributed by atoms with E-state index in [0.717, 1.165) is 24.1 Å². The van der Waals surface area contributed by atoms with E-state index in [1.165, 1.54) is 12.1 Å². The molecule has 1 N–H and O–H groups in total. The maximum Gasteiger partial charge on any atom is 0.416 e. The lowest BCUT2D eigenvalue weighted by molar-refractivity contribution is -0.170. The Morgan fingerprint density at radius 3 is 2.06 bits per heavy atom. The summed E-state index contributed by atoms with van der Waals surface area (Å²) in [5.41, 5.74) is 1.05. The summed E-state index contributed by atoms with van der Waals surface area (Å²) in [4.78, 5) is 13.6. The molecule has 3 atom stereocenters. The minimum absolute atomic E-state index is 0.00337. The van der Waals surface area contributed by atoms with E-state index in [1.807, 2.05) is 11.8 Å². The van der Waals surface area contributed by atoms with Crippen LogP contribution in [0.2, 0.25) is 0 Å². The third kappa shape index (κ3) is 6.84. The molecular weight excluding hydrogens is 477 g/mol. The highest BCUT2D eigenvalue weighted by Gasteiger charge is 2.55. The second kappa shape index (κ2) is 10.5. The van der Waals surface area contributed by atoms with Crippen molar-refractivity contribution < 1.29 is 31.9 Å². The summed E-state index contributed by atoms with van der Waals surface area (Å²) >= 11 is 0. The molecule has 3 nitrogen and oxygen atoms in total. The molecule has 1 heterocycles. The number of hydrogen-bond acceptors (Lipinski definition) is 2. The number of carbonyl (C=O) groups is 1. The molecule has 2 aromatic carbocycles. The molecule has 1 aliphatic heterocycles. The van der Waals surface area contributed by atoms with Crippen LogP contribution in [0.4, 0.5) is 22.0 Å². The van der Waals surface area contributed by atoms with Crippen LogP contribution in [0.3, 0.4) is 0 Å². The van der Waals surface area contributed by atoms with E-state index in [-0.39, 0.29) is 5.41 Å². The van der Waals surface area contributed by atoms with Crippen LogP contribution in [-0.4, -0.2) is 28.4 Å². The Balaban J connectivity index is 2.10. The molecule has 1 saturated heterocycles. The number of likely N-dealkylation sites (tertiary alicyclic amines) is 1. The molecule has 2 aromatic rings. The second-order valence-corrected chi connectivity index (χ2v) is 11.1. The molecule has 0 amide bonds. The first-order valence-electron chi connectivity index (χ1n) is 12.2. The van der Waals surface area contributed by atoms with Gasteiger partial charge in [0.15, 0.2) is 0 Å². The van der Waals surface area contributed by atoms with Crippen molar-refractivity contribution in [3.63, 3.8) is 0 Å². The van der Waals surface area contributed by atoms with Crippen LogP contribution in [0.15, 0.2) is 48.5 Å². The molecule has 0 unspecified atom stereocenters. The van der Waals surface area contributed by atoms with Crippen molar-refractivity contribution in [3.05, 3.63) is 70.8 Å². The van der Waals surface area contributed by atoms with Gasteiger partial charge in [0.1, 0.15) is 0 Å². The lowest BCUT2D eigenvalue weighted by Gasteiger charge is -2.50. The maximum atomic E-state index is 15.7. The zero-order chi connectivity index (χ0) is 26.9. The molecule has 0 saturated carbocycles. The van der Waals surface area contributed by atoms with E-state index in [1.54, 1.807) is 24.3 Å². The smallest absolute Gasteiger partial charge is 0.416 e. The van der Waals surface area contributed by atoms with Gasteiger partial charge < -0.3 is 5.11 Å². The Kier molecular flexibility index (Phi) is 8.18. The van der Waals surface area contributed by atoms with Crippen molar-refractivity contribution in [1.82, 2.24) is 4.90 Å². The Morgan fingerprint density at radius 2 is 1.56 bits per heavy atom. The van der Waals surface area contributed by atoms with Gasteiger partial charge in [-0.2, -0.15) is 13.2 Å². The summed E-state index contributed by atoms with van der Waals surface area (Å²) < 4.78 is 70.8. The lowest BCUT2D eigenvalue weighted by Crippen LogP contribution is -2.51. The zero-order valence-corrected chi connectivity index (χ0v) is 21.1. The number of hydrogen-bond donors (Lipinski definition) is 1. The second-order valence-electron chi connectivity index (χ2n) is 11.1. The molecule has 198 valence electrons. The van der Waals surface area contributed by atoms with Gasteiger partial charge in [0.25, 0.3) is 5.92 Å². The highest BCUT2D eigenvalue weighted by atomic mass is 19.4. The first-order chi connectivity index (χ1) is 16.6. The van der Waals surface area contributed by atoms with E-state index in [2.05, 4.69) is 20.8 Å². The highest BCUT2D eigenvalue weighted by molar-refractivity contribution is 5.67. The molecule has 0 bridgehead atoms. The summed E-state index contributed by atoms with van der Waals surface area (Å²) in [6, 6.07) is 9.72. The number of aliphatic carboxylic acids is 1. The number of carboxylic acids is 1. The molecule has 0 radical (unpaired) electrons. The molecule has 0 spiro atoms. The monoisotopic (exact) mass is 511 g/mol. The fourth-order valence-corrected chi connectivity index (χ4v) is 5.11. The predicted octanol–water partition coefficient (Wildman–Crippen LogP) is 8.05. The van der Waals surface area contributed by atoms with E-state index in [0.29, 0.717) is 24.1 Å². The summed E-state index contributed by atoms with van der Waals surface area (Å²) in [7, 11) is 0. The molecule has 1 fully saturated rings. The molecule has 3 rings (SSSR count). The number of alkyl halides is 5. The summed E-state index contributed by atoms with van der Waals surface area (Å²) in [6.07, 6.45) is -4.41. The van der Waals surface area contributed by atoms with Crippen molar-refractivity contribution >= 4 is 5.97 Å². The number of rotatable bonds is 7. The van der Waals surface area contributed by atoms with Crippen molar-refractivity contribution in [1.29, 1.82) is 0 Å². The Hall–Kier alpha value is -2.48. The van der Waals surface area contributed by atoms with Crippen LogP contribution in [0.25, 0.3) is 0 Å². The van der Waals surface area contributed by atoms with Gasteiger partial charge in [-0.05, 0) is 55.0 Å². The first-order valence-corrected chi connectivity index (χ1v) is 12.2. The maximum absolute atomic E-state index is 15.7. The molecule has 0 aromatic heterocycles. The Morgan fingerprint density at radius 1 is 1.00 bits per heavy atom. The number of benzene rings is 2. The molecule has 8 heteroatoms. The normalized spacial score (nSPS) is 23.0. The molecule has 36 heavy (non-hydrogen) atoms. The topological polar surface area (TPSA) is 40.5 Å². The highest BCUT2D eigenvalue weighted by Crippen LogP contribution is 2.53. The van der Waals surface area contributed by atoms with Crippen molar-refractivity contribution in [2.75, 3.05) is 6.54 Å². The SMILES string of the molecule is Cc1ccc([C@@H]2[C@@H](CC(=O)O)C(F)(F)C[C@@H](c3ccc(C(F)(F)F)cc3)N2CCCC(C)(C)C)cc1. The average molecular weight is 512 g/mol. The Bertz CT molecular complexity index is 1030. The Labute approximate surface area is 209 Å². The quantitative estimate of drug-likeness (QED) is 0.382. The lowest BCUT2D eigenvalue weighted by atomic mass is 9.75. The van der Waals surface area contributed by atoms with Crippen molar-refractivity contribution in [2.24, 2.45) is 11.3 Å². The van der Waals surface area contributed by atoms with E-state index in [9.17, 15) is 23.1 Å². The third-order valence-electron chi connectivity index (χ3n) is 6.93. The summed E-state index contributed by atoms with van der Waals surface area (Å²) in [5, 5.41) is 9.51. The van der Waals surface area contributed by atoms with Gasteiger partial charge in [-0.3, -0.25) is 9.69 Å². The molecular formula is C28H34F5NO2. The van der Waals surface area contributed by atoms with Crippen LogP contribution in [0.1, 0.15) is 80.8 Å². The summed E-state index contributed by atoms with van der Waals surface area (Å²) in [5.74, 6) is -6.11. The zero-order valence-electron chi connectivity index (χ0n) is 21.1. The predicted molar refractivity (Wildman–Crippen MR) is 129 cm³/mol. The number of nitrogens with zero attached hydrogens (tertiary/aromatic N) is 1. The van der Waals surface area contributed by atoms with Crippen LogP contribution >= 0.6 is 0 Å². The van der Waals surface area contributed by atoms with Crippen LogP contribution < -0.4 is 0 Å². The first kappa shape index (κ1) is 28.1.